The monoisotopic (exact) mass is 300 g/mol. The van der Waals surface area contributed by atoms with Gasteiger partial charge in [-0.05, 0) is 6.07 Å². The first-order valence-electron chi connectivity index (χ1n) is 6.81. The van der Waals surface area contributed by atoms with Gasteiger partial charge in [0.25, 0.3) is 5.91 Å². The number of primary amides is 1. The molecule has 3 rings (SSSR count). The van der Waals surface area contributed by atoms with Crippen molar-refractivity contribution in [2.45, 2.75) is 0 Å². The van der Waals surface area contributed by atoms with Crippen molar-refractivity contribution in [3.05, 3.63) is 42.1 Å². The smallest absolute Gasteiger partial charge is 0.267 e. The summed E-state index contributed by atoms with van der Waals surface area (Å²) in [7, 11) is 0. The van der Waals surface area contributed by atoms with Gasteiger partial charge in [-0.25, -0.2) is 9.97 Å². The second-order valence-corrected chi connectivity index (χ2v) is 5.99. The molecule has 0 aliphatic carbocycles. The highest BCUT2D eigenvalue weighted by Crippen LogP contribution is 2.22. The molecule has 0 radical (unpaired) electrons. The van der Waals surface area contributed by atoms with Gasteiger partial charge in [0.05, 0.1) is 5.69 Å². The molecular formula is C15H16N4OS. The van der Waals surface area contributed by atoms with Gasteiger partial charge in [0, 0.05) is 30.2 Å². The Kier molecular flexibility index (Phi) is 4.06. The first-order chi connectivity index (χ1) is 10.2. The van der Waals surface area contributed by atoms with Gasteiger partial charge in [-0.1, -0.05) is 30.3 Å². The van der Waals surface area contributed by atoms with E-state index in [1.165, 1.54) is 0 Å². The summed E-state index contributed by atoms with van der Waals surface area (Å²) in [5.74, 6) is 2.16. The van der Waals surface area contributed by atoms with Crippen LogP contribution in [0.15, 0.2) is 36.4 Å². The van der Waals surface area contributed by atoms with Crippen LogP contribution in [-0.4, -0.2) is 40.5 Å². The van der Waals surface area contributed by atoms with Crippen molar-refractivity contribution in [2.75, 3.05) is 29.5 Å². The Hall–Kier alpha value is -2.08. The lowest BCUT2D eigenvalue weighted by Crippen LogP contribution is -2.34. The van der Waals surface area contributed by atoms with Crippen LogP contribution in [0.2, 0.25) is 0 Å². The standard InChI is InChI=1S/C15H16N4OS/c16-14(20)13-10-12(11-4-2-1-3-5-11)17-15(18-13)19-6-8-21-9-7-19/h1-5,10H,6-9H2,(H2,16,20). The number of carbonyl (C=O) groups is 1. The van der Waals surface area contributed by atoms with Crippen LogP contribution < -0.4 is 10.6 Å². The zero-order valence-electron chi connectivity index (χ0n) is 11.5. The number of aromatic nitrogens is 2. The molecule has 0 spiro atoms. The van der Waals surface area contributed by atoms with Crippen LogP contribution in [-0.2, 0) is 0 Å². The molecule has 1 amide bonds. The van der Waals surface area contributed by atoms with Crippen LogP contribution in [0.5, 0.6) is 0 Å². The van der Waals surface area contributed by atoms with Gasteiger partial charge in [0.2, 0.25) is 5.95 Å². The fraction of sp³-hybridized carbons (Fsp3) is 0.267. The Morgan fingerprint density at radius 2 is 1.86 bits per heavy atom. The van der Waals surface area contributed by atoms with E-state index in [0.29, 0.717) is 5.95 Å². The molecule has 1 fully saturated rings. The average molecular weight is 300 g/mol. The van der Waals surface area contributed by atoms with Crippen LogP contribution >= 0.6 is 11.8 Å². The average Bonchev–Trinajstić information content (AvgIpc) is 2.56. The van der Waals surface area contributed by atoms with Crippen LogP contribution in [0.1, 0.15) is 10.5 Å². The molecular weight excluding hydrogens is 284 g/mol. The van der Waals surface area contributed by atoms with E-state index < -0.39 is 5.91 Å². The van der Waals surface area contributed by atoms with Gasteiger partial charge in [0.1, 0.15) is 5.69 Å². The van der Waals surface area contributed by atoms with E-state index >= 15 is 0 Å². The number of rotatable bonds is 3. The third-order valence-electron chi connectivity index (χ3n) is 3.33. The van der Waals surface area contributed by atoms with Crippen molar-refractivity contribution in [2.24, 2.45) is 5.73 Å². The maximum absolute atomic E-state index is 11.5. The summed E-state index contributed by atoms with van der Waals surface area (Å²) < 4.78 is 0. The Bertz CT molecular complexity index is 641. The van der Waals surface area contributed by atoms with Gasteiger partial charge in [-0.3, -0.25) is 4.79 Å². The minimum Gasteiger partial charge on any atom is -0.364 e. The van der Waals surface area contributed by atoms with E-state index in [0.717, 1.165) is 35.9 Å². The van der Waals surface area contributed by atoms with Gasteiger partial charge < -0.3 is 10.6 Å². The minimum absolute atomic E-state index is 0.261. The quantitative estimate of drug-likeness (QED) is 0.935. The first kappa shape index (κ1) is 13.9. The van der Waals surface area contributed by atoms with Crippen LogP contribution in [0, 0.1) is 0 Å². The third kappa shape index (κ3) is 3.16. The summed E-state index contributed by atoms with van der Waals surface area (Å²) in [4.78, 5) is 22.6. The molecule has 6 heteroatoms. The zero-order valence-corrected chi connectivity index (χ0v) is 12.3. The van der Waals surface area contributed by atoms with Gasteiger partial charge in [-0.2, -0.15) is 11.8 Å². The van der Waals surface area contributed by atoms with E-state index in [9.17, 15) is 4.79 Å². The molecule has 108 valence electrons. The molecule has 2 heterocycles. The summed E-state index contributed by atoms with van der Waals surface area (Å²) in [5.41, 5.74) is 7.35. The largest absolute Gasteiger partial charge is 0.364 e. The topological polar surface area (TPSA) is 72.1 Å². The molecule has 0 saturated carbocycles. The number of anilines is 1. The number of benzene rings is 1. The van der Waals surface area contributed by atoms with Crippen molar-refractivity contribution >= 4 is 23.6 Å². The van der Waals surface area contributed by atoms with E-state index in [-0.39, 0.29) is 5.69 Å². The number of nitrogens with zero attached hydrogens (tertiary/aromatic N) is 3. The predicted molar refractivity (Wildman–Crippen MR) is 85.5 cm³/mol. The molecule has 1 aliphatic rings. The normalized spacial score (nSPS) is 15.0. The molecule has 2 N–H and O–H groups in total. The van der Waals surface area contributed by atoms with E-state index in [4.69, 9.17) is 5.73 Å². The molecule has 0 bridgehead atoms. The second-order valence-electron chi connectivity index (χ2n) is 4.77. The van der Waals surface area contributed by atoms with Crippen molar-refractivity contribution in [1.29, 1.82) is 0 Å². The molecule has 0 unspecified atom stereocenters. The SMILES string of the molecule is NC(=O)c1cc(-c2ccccc2)nc(N2CCSCC2)n1. The predicted octanol–water partition coefficient (Wildman–Crippen LogP) is 1.80. The van der Waals surface area contributed by atoms with Gasteiger partial charge in [-0.15, -0.1) is 0 Å². The highest BCUT2D eigenvalue weighted by molar-refractivity contribution is 7.99. The molecule has 1 aromatic heterocycles. The zero-order chi connectivity index (χ0) is 14.7. The number of hydrogen-bond donors (Lipinski definition) is 1. The summed E-state index contributed by atoms with van der Waals surface area (Å²) in [6.07, 6.45) is 0. The molecule has 21 heavy (non-hydrogen) atoms. The fourth-order valence-corrected chi connectivity index (χ4v) is 3.13. The van der Waals surface area contributed by atoms with Crippen molar-refractivity contribution in [1.82, 2.24) is 9.97 Å². The maximum atomic E-state index is 11.5. The van der Waals surface area contributed by atoms with Crippen molar-refractivity contribution < 1.29 is 4.79 Å². The molecule has 0 atom stereocenters. The lowest BCUT2D eigenvalue weighted by molar-refractivity contribution is 0.0995. The lowest BCUT2D eigenvalue weighted by atomic mass is 10.1. The molecule has 1 saturated heterocycles. The Labute approximate surface area is 127 Å². The van der Waals surface area contributed by atoms with Crippen LogP contribution in [0.25, 0.3) is 11.3 Å². The van der Waals surface area contributed by atoms with E-state index in [1.807, 2.05) is 42.1 Å². The Morgan fingerprint density at radius 3 is 2.52 bits per heavy atom. The first-order valence-corrected chi connectivity index (χ1v) is 7.96. The van der Waals surface area contributed by atoms with E-state index in [1.54, 1.807) is 6.07 Å². The van der Waals surface area contributed by atoms with Crippen LogP contribution in [0.3, 0.4) is 0 Å². The lowest BCUT2D eigenvalue weighted by Gasteiger charge is -2.26. The number of nitrogens with two attached hydrogens (primary N) is 1. The number of amides is 1. The number of carbonyl (C=O) groups excluding carboxylic acids is 1. The second kappa shape index (κ2) is 6.13. The maximum Gasteiger partial charge on any atom is 0.267 e. The highest BCUT2D eigenvalue weighted by Gasteiger charge is 2.17. The molecule has 5 nitrogen and oxygen atoms in total. The summed E-state index contributed by atoms with van der Waals surface area (Å²) in [6, 6.07) is 11.4. The van der Waals surface area contributed by atoms with Crippen molar-refractivity contribution in [3.8, 4) is 11.3 Å². The van der Waals surface area contributed by atoms with Crippen LogP contribution in [0.4, 0.5) is 5.95 Å². The number of thioether (sulfide) groups is 1. The molecule has 1 aliphatic heterocycles. The van der Waals surface area contributed by atoms with Crippen molar-refractivity contribution in [3.63, 3.8) is 0 Å². The molecule has 2 aromatic rings. The summed E-state index contributed by atoms with van der Waals surface area (Å²) in [6.45, 7) is 1.78. The third-order valence-corrected chi connectivity index (χ3v) is 4.27. The summed E-state index contributed by atoms with van der Waals surface area (Å²) >= 11 is 1.92. The van der Waals surface area contributed by atoms with Gasteiger partial charge in [0.15, 0.2) is 0 Å². The Balaban J connectivity index is 2.03. The number of hydrogen-bond acceptors (Lipinski definition) is 5. The fourth-order valence-electron chi connectivity index (χ4n) is 2.22. The summed E-state index contributed by atoms with van der Waals surface area (Å²) in [5, 5.41) is 0. The minimum atomic E-state index is -0.526. The van der Waals surface area contributed by atoms with E-state index in [2.05, 4.69) is 14.9 Å². The highest BCUT2D eigenvalue weighted by atomic mass is 32.2. The Morgan fingerprint density at radius 1 is 1.14 bits per heavy atom. The molecule has 1 aromatic carbocycles. The van der Waals surface area contributed by atoms with Gasteiger partial charge >= 0.3 is 0 Å².